The molecule has 0 bridgehead atoms. The molecule has 2 aromatic rings. The number of rotatable bonds is 4. The molecular weight excluding hydrogens is 294 g/mol. The zero-order valence-corrected chi connectivity index (χ0v) is 12.8. The highest BCUT2D eigenvalue weighted by atomic mass is 16.5. The molecule has 0 fully saturated rings. The van der Waals surface area contributed by atoms with Crippen LogP contribution in [0.15, 0.2) is 42.5 Å². The van der Waals surface area contributed by atoms with Gasteiger partial charge in [-0.05, 0) is 35.7 Å². The predicted octanol–water partition coefficient (Wildman–Crippen LogP) is 2.87. The highest BCUT2D eigenvalue weighted by Crippen LogP contribution is 2.34. The van der Waals surface area contributed by atoms with Gasteiger partial charge in [-0.15, -0.1) is 0 Å². The van der Waals surface area contributed by atoms with E-state index in [9.17, 15) is 14.7 Å². The molecule has 0 spiro atoms. The Kier molecular flexibility index (Phi) is 4.02. The number of nitrogens with zero attached hydrogens (tertiary/aromatic N) is 1. The lowest BCUT2D eigenvalue weighted by molar-refractivity contribution is -0.121. The first-order valence-corrected chi connectivity index (χ1v) is 7.47. The summed E-state index contributed by atoms with van der Waals surface area (Å²) in [5.74, 6) is -0.524. The van der Waals surface area contributed by atoms with E-state index in [1.54, 1.807) is 29.2 Å². The van der Waals surface area contributed by atoms with Gasteiger partial charge in [-0.3, -0.25) is 4.79 Å². The Morgan fingerprint density at radius 2 is 2.04 bits per heavy atom. The topological polar surface area (TPSA) is 66.8 Å². The Hall–Kier alpha value is -2.82. The number of aryl methyl sites for hydroxylation is 1. The van der Waals surface area contributed by atoms with E-state index in [4.69, 9.17) is 4.74 Å². The summed E-state index contributed by atoms with van der Waals surface area (Å²) in [6, 6.07) is 12.5. The number of carbonyl (C=O) groups excluding carboxylic acids is 1. The minimum absolute atomic E-state index is 0.0340. The van der Waals surface area contributed by atoms with Crippen LogP contribution in [-0.4, -0.2) is 23.6 Å². The molecule has 1 heterocycles. The van der Waals surface area contributed by atoms with Crippen molar-refractivity contribution in [2.75, 3.05) is 11.5 Å². The quantitative estimate of drug-likeness (QED) is 0.943. The van der Waals surface area contributed by atoms with Crippen LogP contribution in [0.3, 0.4) is 0 Å². The van der Waals surface area contributed by atoms with E-state index in [2.05, 4.69) is 0 Å². The second-order valence-electron chi connectivity index (χ2n) is 5.39. The van der Waals surface area contributed by atoms with Crippen molar-refractivity contribution < 1.29 is 19.4 Å². The molecule has 2 aromatic carbocycles. The van der Waals surface area contributed by atoms with Crippen molar-refractivity contribution in [1.82, 2.24) is 0 Å². The highest BCUT2D eigenvalue weighted by molar-refractivity contribution is 5.98. The smallest absolute Gasteiger partial charge is 0.336 e. The summed E-state index contributed by atoms with van der Waals surface area (Å²) < 4.78 is 5.47. The molecule has 0 aliphatic carbocycles. The van der Waals surface area contributed by atoms with E-state index >= 15 is 0 Å². The van der Waals surface area contributed by atoms with Crippen LogP contribution in [0.25, 0.3) is 0 Å². The average Bonchev–Trinajstić information content (AvgIpc) is 2.57. The van der Waals surface area contributed by atoms with E-state index in [1.165, 1.54) is 0 Å². The third kappa shape index (κ3) is 2.90. The summed E-state index contributed by atoms with van der Waals surface area (Å²) in [5, 5.41) is 9.31. The second-order valence-corrected chi connectivity index (χ2v) is 5.39. The summed E-state index contributed by atoms with van der Waals surface area (Å²) in [5.41, 5.74) is 2.60. The molecule has 3 rings (SSSR count). The molecule has 1 aliphatic rings. The van der Waals surface area contributed by atoms with Crippen LogP contribution < -0.4 is 9.64 Å². The summed E-state index contributed by atoms with van der Waals surface area (Å²) >= 11 is 0. The molecule has 118 valence electrons. The zero-order chi connectivity index (χ0) is 16.4. The van der Waals surface area contributed by atoms with Crippen molar-refractivity contribution >= 4 is 17.6 Å². The molecule has 0 saturated carbocycles. The average molecular weight is 311 g/mol. The standard InChI is InChI=1S/C18H17NO4/c1-2-12-7-8-16-15(9-12)19(17(20)11-23-16)10-13-5-3-4-6-14(13)18(21)22/h3-9H,2,10-11H2,1H3,(H,21,22). The van der Waals surface area contributed by atoms with E-state index < -0.39 is 5.97 Å². The number of anilines is 1. The molecule has 1 N–H and O–H groups in total. The molecule has 0 unspecified atom stereocenters. The van der Waals surface area contributed by atoms with Gasteiger partial charge in [0.05, 0.1) is 17.8 Å². The Bertz CT molecular complexity index is 769. The number of carboxylic acid groups (broad SMARTS) is 1. The minimum Gasteiger partial charge on any atom is -0.482 e. The number of carboxylic acids is 1. The van der Waals surface area contributed by atoms with Gasteiger partial charge in [-0.1, -0.05) is 31.2 Å². The SMILES string of the molecule is CCc1ccc2c(c1)N(Cc1ccccc1C(=O)O)C(=O)CO2. The second kappa shape index (κ2) is 6.12. The predicted molar refractivity (Wildman–Crippen MR) is 85.9 cm³/mol. The van der Waals surface area contributed by atoms with Crippen LogP contribution in [0.2, 0.25) is 0 Å². The molecule has 23 heavy (non-hydrogen) atoms. The zero-order valence-electron chi connectivity index (χ0n) is 12.8. The molecule has 0 saturated heterocycles. The first kappa shape index (κ1) is 15.1. The molecule has 1 aliphatic heterocycles. The molecule has 5 heteroatoms. The maximum atomic E-state index is 12.3. The van der Waals surface area contributed by atoms with Crippen LogP contribution in [0, 0.1) is 0 Å². The van der Waals surface area contributed by atoms with Crippen LogP contribution >= 0.6 is 0 Å². The maximum Gasteiger partial charge on any atom is 0.336 e. The first-order valence-electron chi connectivity index (χ1n) is 7.47. The van der Waals surface area contributed by atoms with Gasteiger partial charge >= 0.3 is 5.97 Å². The molecular formula is C18H17NO4. The van der Waals surface area contributed by atoms with E-state index in [-0.39, 0.29) is 24.6 Å². The number of carbonyl (C=O) groups is 2. The lowest BCUT2D eigenvalue weighted by Crippen LogP contribution is -2.38. The van der Waals surface area contributed by atoms with Gasteiger partial charge in [0, 0.05) is 0 Å². The maximum absolute atomic E-state index is 12.3. The van der Waals surface area contributed by atoms with Gasteiger partial charge in [-0.25, -0.2) is 4.79 Å². The number of fused-ring (bicyclic) bond motifs is 1. The highest BCUT2D eigenvalue weighted by Gasteiger charge is 2.27. The monoisotopic (exact) mass is 311 g/mol. The minimum atomic E-state index is -0.996. The third-order valence-electron chi connectivity index (χ3n) is 3.95. The number of amides is 1. The van der Waals surface area contributed by atoms with Crippen molar-refractivity contribution in [3.05, 3.63) is 59.2 Å². The molecule has 0 radical (unpaired) electrons. The van der Waals surface area contributed by atoms with Crippen LogP contribution in [-0.2, 0) is 17.8 Å². The fourth-order valence-electron chi connectivity index (χ4n) is 2.68. The Morgan fingerprint density at radius 1 is 1.26 bits per heavy atom. The van der Waals surface area contributed by atoms with Crippen molar-refractivity contribution in [3.63, 3.8) is 0 Å². The van der Waals surface area contributed by atoms with Gasteiger partial charge in [0.15, 0.2) is 6.61 Å². The van der Waals surface area contributed by atoms with E-state index in [0.29, 0.717) is 17.0 Å². The van der Waals surface area contributed by atoms with Crippen LogP contribution in [0.4, 0.5) is 5.69 Å². The van der Waals surface area contributed by atoms with Crippen LogP contribution in [0.5, 0.6) is 5.75 Å². The lowest BCUT2D eigenvalue weighted by atomic mass is 10.1. The number of ether oxygens (including phenoxy) is 1. The Labute approximate surface area is 134 Å². The van der Waals surface area contributed by atoms with Crippen molar-refractivity contribution in [1.29, 1.82) is 0 Å². The lowest BCUT2D eigenvalue weighted by Gasteiger charge is -2.30. The summed E-state index contributed by atoms with van der Waals surface area (Å²) in [7, 11) is 0. The van der Waals surface area contributed by atoms with E-state index in [1.807, 2.05) is 25.1 Å². The normalized spacial score (nSPS) is 13.4. The van der Waals surface area contributed by atoms with Crippen molar-refractivity contribution in [2.24, 2.45) is 0 Å². The Balaban J connectivity index is 2.01. The summed E-state index contributed by atoms with van der Waals surface area (Å²) in [6.07, 6.45) is 0.848. The van der Waals surface area contributed by atoms with Gasteiger partial charge in [0.2, 0.25) is 0 Å². The Morgan fingerprint density at radius 3 is 2.78 bits per heavy atom. The number of aromatic carboxylic acids is 1. The molecule has 0 atom stereocenters. The number of hydrogen-bond donors (Lipinski definition) is 1. The first-order chi connectivity index (χ1) is 11.1. The number of hydrogen-bond acceptors (Lipinski definition) is 3. The number of benzene rings is 2. The third-order valence-corrected chi connectivity index (χ3v) is 3.95. The van der Waals surface area contributed by atoms with Gasteiger partial charge in [-0.2, -0.15) is 0 Å². The van der Waals surface area contributed by atoms with Crippen molar-refractivity contribution in [3.8, 4) is 5.75 Å². The van der Waals surface area contributed by atoms with Crippen molar-refractivity contribution in [2.45, 2.75) is 19.9 Å². The largest absolute Gasteiger partial charge is 0.482 e. The van der Waals surface area contributed by atoms with Gasteiger partial charge < -0.3 is 14.7 Å². The van der Waals surface area contributed by atoms with Gasteiger partial charge in [0.25, 0.3) is 5.91 Å². The molecule has 1 amide bonds. The fraction of sp³-hybridized carbons (Fsp3) is 0.222. The van der Waals surface area contributed by atoms with E-state index in [0.717, 1.165) is 12.0 Å². The summed E-state index contributed by atoms with van der Waals surface area (Å²) in [4.78, 5) is 25.3. The summed E-state index contributed by atoms with van der Waals surface area (Å²) in [6.45, 7) is 2.22. The molecule has 5 nitrogen and oxygen atoms in total. The molecule has 0 aromatic heterocycles. The fourth-order valence-corrected chi connectivity index (χ4v) is 2.68. The van der Waals surface area contributed by atoms with Gasteiger partial charge in [0.1, 0.15) is 5.75 Å². The van der Waals surface area contributed by atoms with Crippen LogP contribution in [0.1, 0.15) is 28.4 Å².